The van der Waals surface area contributed by atoms with E-state index in [0.717, 1.165) is 6.42 Å². The second-order valence-corrected chi connectivity index (χ2v) is 2.29. The first-order chi connectivity index (χ1) is 5.20. The predicted octanol–water partition coefficient (Wildman–Crippen LogP) is 1.70. The van der Waals surface area contributed by atoms with E-state index < -0.39 is 0 Å². The minimum absolute atomic E-state index is 0.103. The van der Waals surface area contributed by atoms with Crippen molar-refractivity contribution in [2.75, 3.05) is 6.61 Å². The maximum absolute atomic E-state index is 10.8. The zero-order chi connectivity index (χ0) is 8.69. The summed E-state index contributed by atoms with van der Waals surface area (Å²) >= 11 is 0. The number of carbonyl (C=O) groups excluding carboxylic acids is 1. The quantitative estimate of drug-likeness (QED) is 0.631. The average Bonchev–Trinajstić information content (AvgIpc) is 1.87. The van der Waals surface area contributed by atoms with E-state index in [1.807, 2.05) is 6.92 Å². The zero-order valence-corrected chi connectivity index (χ0v) is 7.09. The number of hydrogen-bond donors (Lipinski definition) is 1. The number of rotatable bonds is 4. The Kier molecular flexibility index (Phi) is 5.25. The van der Waals surface area contributed by atoms with Crippen LogP contribution in [0.5, 0.6) is 0 Å². The third kappa shape index (κ3) is 5.45. The predicted molar refractivity (Wildman–Crippen MR) is 44.4 cm³/mol. The van der Waals surface area contributed by atoms with Crippen molar-refractivity contribution in [1.29, 1.82) is 0 Å². The fourth-order valence-corrected chi connectivity index (χ4v) is 0.683. The van der Waals surface area contributed by atoms with E-state index in [9.17, 15) is 4.79 Å². The minimum Gasteiger partial charge on any atom is -0.450 e. The monoisotopic (exact) mass is 157 g/mol. The number of hydrogen-bond acceptors (Lipinski definition) is 2. The Labute approximate surface area is 67.4 Å². The summed E-state index contributed by atoms with van der Waals surface area (Å²) in [6, 6.07) is 0.103. The molecule has 0 spiro atoms. The number of carbonyl (C=O) groups is 1. The lowest BCUT2D eigenvalue weighted by Gasteiger charge is -2.10. The van der Waals surface area contributed by atoms with Gasteiger partial charge in [-0.3, -0.25) is 0 Å². The van der Waals surface area contributed by atoms with Gasteiger partial charge in [-0.25, -0.2) is 4.79 Å². The maximum Gasteiger partial charge on any atom is 0.407 e. The molecule has 0 aliphatic heterocycles. The lowest BCUT2D eigenvalue weighted by Crippen LogP contribution is -2.32. The maximum atomic E-state index is 10.8. The molecule has 0 radical (unpaired) electrons. The summed E-state index contributed by atoms with van der Waals surface area (Å²) in [7, 11) is 0. The summed E-state index contributed by atoms with van der Waals surface area (Å²) in [5, 5.41) is 2.65. The molecule has 1 atom stereocenters. The van der Waals surface area contributed by atoms with E-state index in [2.05, 4.69) is 16.6 Å². The summed E-state index contributed by atoms with van der Waals surface area (Å²) in [5.41, 5.74) is 0. The number of ether oxygens (including phenoxy) is 1. The fourth-order valence-electron chi connectivity index (χ4n) is 0.683. The van der Waals surface area contributed by atoms with E-state index >= 15 is 0 Å². The highest BCUT2D eigenvalue weighted by atomic mass is 16.5. The largest absolute Gasteiger partial charge is 0.450 e. The van der Waals surface area contributed by atoms with Gasteiger partial charge in [0.15, 0.2) is 0 Å². The van der Waals surface area contributed by atoms with Gasteiger partial charge in [0.25, 0.3) is 0 Å². The molecule has 0 aromatic heterocycles. The number of amides is 1. The van der Waals surface area contributed by atoms with Crippen molar-refractivity contribution in [2.24, 2.45) is 0 Å². The van der Waals surface area contributed by atoms with Crippen molar-refractivity contribution in [3.8, 4) is 0 Å². The van der Waals surface area contributed by atoms with Gasteiger partial charge in [0, 0.05) is 6.04 Å². The molecule has 0 aliphatic carbocycles. The molecular formula is C8H15NO2. The molecule has 64 valence electrons. The molecule has 0 bridgehead atoms. The topological polar surface area (TPSA) is 38.3 Å². The summed E-state index contributed by atoms with van der Waals surface area (Å²) in [5.74, 6) is 0. The van der Waals surface area contributed by atoms with Crippen LogP contribution >= 0.6 is 0 Å². The van der Waals surface area contributed by atoms with E-state index in [4.69, 9.17) is 0 Å². The van der Waals surface area contributed by atoms with Crippen molar-refractivity contribution >= 4 is 6.09 Å². The smallest absolute Gasteiger partial charge is 0.407 e. The second kappa shape index (κ2) is 5.77. The molecule has 0 aromatic rings. The Morgan fingerprint density at radius 1 is 1.82 bits per heavy atom. The lowest BCUT2D eigenvalue weighted by atomic mass is 10.2. The van der Waals surface area contributed by atoms with Crippen molar-refractivity contribution in [1.82, 2.24) is 5.32 Å². The van der Waals surface area contributed by atoms with Crippen molar-refractivity contribution < 1.29 is 9.53 Å². The third-order valence-corrected chi connectivity index (χ3v) is 1.16. The molecule has 3 nitrogen and oxygen atoms in total. The summed E-state index contributed by atoms with van der Waals surface area (Å²) in [6.07, 6.45) is 2.16. The van der Waals surface area contributed by atoms with E-state index in [0.29, 0.717) is 6.61 Å². The molecule has 1 unspecified atom stereocenters. The first-order valence-electron chi connectivity index (χ1n) is 3.74. The van der Waals surface area contributed by atoms with Crippen molar-refractivity contribution in [2.45, 2.75) is 26.3 Å². The van der Waals surface area contributed by atoms with Gasteiger partial charge in [0.1, 0.15) is 0 Å². The standard InChI is InChI=1S/C8H15NO2/c1-4-6-7(3)9-8(10)11-5-2/h4,7H,1,5-6H2,2-3H3,(H,9,10). The van der Waals surface area contributed by atoms with Crippen molar-refractivity contribution in [3.63, 3.8) is 0 Å². The van der Waals surface area contributed by atoms with E-state index in [1.54, 1.807) is 13.0 Å². The first kappa shape index (κ1) is 10.0. The normalized spacial score (nSPS) is 11.8. The van der Waals surface area contributed by atoms with E-state index in [1.165, 1.54) is 0 Å². The second-order valence-electron chi connectivity index (χ2n) is 2.29. The van der Waals surface area contributed by atoms with Crippen LogP contribution < -0.4 is 5.32 Å². The molecule has 1 amide bonds. The number of alkyl carbamates (subject to hydrolysis) is 1. The Balaban J connectivity index is 3.48. The van der Waals surface area contributed by atoms with Crippen LogP contribution in [-0.4, -0.2) is 18.7 Å². The third-order valence-electron chi connectivity index (χ3n) is 1.16. The van der Waals surface area contributed by atoms with Crippen LogP contribution in [-0.2, 0) is 4.74 Å². The minimum atomic E-state index is -0.359. The van der Waals surface area contributed by atoms with Gasteiger partial charge in [-0.1, -0.05) is 6.08 Å². The van der Waals surface area contributed by atoms with Gasteiger partial charge in [-0.05, 0) is 20.3 Å². The lowest BCUT2D eigenvalue weighted by molar-refractivity contribution is 0.149. The van der Waals surface area contributed by atoms with E-state index in [-0.39, 0.29) is 12.1 Å². The van der Waals surface area contributed by atoms with Gasteiger partial charge >= 0.3 is 6.09 Å². The van der Waals surface area contributed by atoms with Gasteiger partial charge < -0.3 is 10.1 Å². The van der Waals surface area contributed by atoms with Gasteiger partial charge in [0.05, 0.1) is 6.61 Å². The fraction of sp³-hybridized carbons (Fsp3) is 0.625. The zero-order valence-electron chi connectivity index (χ0n) is 7.09. The molecule has 0 fully saturated rings. The molecule has 0 heterocycles. The molecule has 0 rings (SSSR count). The Morgan fingerprint density at radius 2 is 2.45 bits per heavy atom. The molecule has 0 saturated heterocycles. The summed E-state index contributed by atoms with van der Waals surface area (Å²) < 4.78 is 4.67. The van der Waals surface area contributed by atoms with Gasteiger partial charge in [-0.2, -0.15) is 0 Å². The molecule has 1 N–H and O–H groups in total. The summed E-state index contributed by atoms with van der Waals surface area (Å²) in [6.45, 7) is 7.65. The van der Waals surface area contributed by atoms with Gasteiger partial charge in [-0.15, -0.1) is 6.58 Å². The van der Waals surface area contributed by atoms with Crippen LogP contribution in [0.4, 0.5) is 4.79 Å². The van der Waals surface area contributed by atoms with Crippen LogP contribution in [0, 0.1) is 0 Å². The van der Waals surface area contributed by atoms with Crippen LogP contribution in [0.25, 0.3) is 0 Å². The molecule has 0 aliphatic rings. The van der Waals surface area contributed by atoms with Crippen molar-refractivity contribution in [3.05, 3.63) is 12.7 Å². The first-order valence-corrected chi connectivity index (χ1v) is 3.74. The number of nitrogens with one attached hydrogen (secondary N) is 1. The Morgan fingerprint density at radius 3 is 2.91 bits per heavy atom. The van der Waals surface area contributed by atoms with Crippen LogP contribution in [0.2, 0.25) is 0 Å². The molecule has 3 heteroatoms. The van der Waals surface area contributed by atoms with Crippen LogP contribution in [0.3, 0.4) is 0 Å². The molecule has 0 aromatic carbocycles. The van der Waals surface area contributed by atoms with Gasteiger partial charge in [0.2, 0.25) is 0 Å². The highest BCUT2D eigenvalue weighted by Gasteiger charge is 2.04. The highest BCUT2D eigenvalue weighted by molar-refractivity contribution is 5.67. The Bertz CT molecular complexity index is 134. The SMILES string of the molecule is C=CCC(C)NC(=O)OCC. The molecular weight excluding hydrogens is 142 g/mol. The van der Waals surface area contributed by atoms with Crippen LogP contribution in [0.15, 0.2) is 12.7 Å². The molecule has 0 saturated carbocycles. The average molecular weight is 157 g/mol. The highest BCUT2D eigenvalue weighted by Crippen LogP contribution is 1.91. The summed E-state index contributed by atoms with van der Waals surface area (Å²) in [4.78, 5) is 10.8. The Hall–Kier alpha value is -0.990. The van der Waals surface area contributed by atoms with Crippen LogP contribution in [0.1, 0.15) is 20.3 Å². The molecule has 11 heavy (non-hydrogen) atoms.